The van der Waals surface area contributed by atoms with E-state index in [1.54, 1.807) is 19.1 Å². The number of nitrogens with zero attached hydrogens (tertiary/aromatic N) is 1. The minimum absolute atomic E-state index is 0.166. The average molecular weight is 361 g/mol. The number of furan rings is 1. The van der Waals surface area contributed by atoms with Crippen LogP contribution < -0.4 is 0 Å². The number of rotatable bonds is 7. The fourth-order valence-electron chi connectivity index (χ4n) is 3.31. The van der Waals surface area contributed by atoms with Crippen molar-refractivity contribution in [3.63, 3.8) is 0 Å². The SMILES string of the molecule is COC(=O)c1cc(CN(Cc2cccc(F)c2)CC2CCCO2)oc1C. The first-order valence-electron chi connectivity index (χ1n) is 8.81. The van der Waals surface area contributed by atoms with Crippen LogP contribution in [0.2, 0.25) is 0 Å². The number of benzene rings is 1. The maximum atomic E-state index is 13.5. The predicted octanol–water partition coefficient (Wildman–Crippen LogP) is 3.69. The quantitative estimate of drug-likeness (QED) is 0.704. The number of halogens is 1. The van der Waals surface area contributed by atoms with Crippen LogP contribution in [0.4, 0.5) is 4.39 Å². The molecule has 0 spiro atoms. The van der Waals surface area contributed by atoms with E-state index >= 15 is 0 Å². The molecule has 1 aliphatic heterocycles. The maximum Gasteiger partial charge on any atom is 0.341 e. The van der Waals surface area contributed by atoms with E-state index in [1.807, 2.05) is 6.07 Å². The van der Waals surface area contributed by atoms with Crippen LogP contribution in [0.5, 0.6) is 0 Å². The van der Waals surface area contributed by atoms with E-state index in [-0.39, 0.29) is 11.9 Å². The molecule has 140 valence electrons. The summed E-state index contributed by atoms with van der Waals surface area (Å²) in [5.41, 5.74) is 1.32. The third kappa shape index (κ3) is 4.71. The Bertz CT molecular complexity index is 752. The molecular weight excluding hydrogens is 337 g/mol. The van der Waals surface area contributed by atoms with Crippen molar-refractivity contribution in [1.82, 2.24) is 4.90 Å². The van der Waals surface area contributed by atoms with Gasteiger partial charge in [-0.3, -0.25) is 4.90 Å². The predicted molar refractivity (Wildman–Crippen MR) is 94.3 cm³/mol. The van der Waals surface area contributed by atoms with Gasteiger partial charge in [0.2, 0.25) is 0 Å². The lowest BCUT2D eigenvalue weighted by molar-refractivity contribution is 0.0598. The molecule has 0 amide bonds. The summed E-state index contributed by atoms with van der Waals surface area (Å²) in [5, 5.41) is 0. The molecule has 0 radical (unpaired) electrons. The molecule has 1 fully saturated rings. The largest absolute Gasteiger partial charge is 0.465 e. The molecule has 3 rings (SSSR count). The van der Waals surface area contributed by atoms with E-state index in [1.165, 1.54) is 19.2 Å². The van der Waals surface area contributed by atoms with Crippen molar-refractivity contribution >= 4 is 5.97 Å². The number of carbonyl (C=O) groups excluding carboxylic acids is 1. The van der Waals surface area contributed by atoms with Crippen LogP contribution in [0.25, 0.3) is 0 Å². The van der Waals surface area contributed by atoms with Crippen LogP contribution in [0, 0.1) is 12.7 Å². The second kappa shape index (κ2) is 8.47. The zero-order chi connectivity index (χ0) is 18.5. The Morgan fingerprint density at radius 2 is 2.19 bits per heavy atom. The third-order valence-corrected chi connectivity index (χ3v) is 4.53. The molecule has 1 atom stereocenters. The van der Waals surface area contributed by atoms with Gasteiger partial charge in [-0.05, 0) is 43.5 Å². The smallest absolute Gasteiger partial charge is 0.341 e. The monoisotopic (exact) mass is 361 g/mol. The first-order chi connectivity index (χ1) is 12.5. The van der Waals surface area contributed by atoms with Gasteiger partial charge in [0.05, 0.1) is 19.8 Å². The van der Waals surface area contributed by atoms with Gasteiger partial charge in [-0.2, -0.15) is 0 Å². The number of methoxy groups -OCH3 is 1. The van der Waals surface area contributed by atoms with Crippen molar-refractivity contribution in [3.05, 3.63) is 58.8 Å². The fraction of sp³-hybridized carbons (Fsp3) is 0.450. The lowest BCUT2D eigenvalue weighted by Gasteiger charge is -2.24. The summed E-state index contributed by atoms with van der Waals surface area (Å²) in [7, 11) is 1.35. The van der Waals surface area contributed by atoms with E-state index in [2.05, 4.69) is 4.90 Å². The number of esters is 1. The van der Waals surface area contributed by atoms with Crippen molar-refractivity contribution in [2.24, 2.45) is 0 Å². The van der Waals surface area contributed by atoms with E-state index in [0.717, 1.165) is 31.6 Å². The second-order valence-corrected chi connectivity index (χ2v) is 6.61. The first kappa shape index (κ1) is 18.6. The van der Waals surface area contributed by atoms with Gasteiger partial charge in [0.15, 0.2) is 0 Å². The number of carbonyl (C=O) groups is 1. The highest BCUT2D eigenvalue weighted by atomic mass is 19.1. The molecule has 2 aromatic rings. The Morgan fingerprint density at radius 3 is 2.88 bits per heavy atom. The van der Waals surface area contributed by atoms with Crippen LogP contribution in [0.1, 0.15) is 40.3 Å². The van der Waals surface area contributed by atoms with Gasteiger partial charge in [-0.1, -0.05) is 12.1 Å². The lowest BCUT2D eigenvalue weighted by Crippen LogP contribution is -2.31. The van der Waals surface area contributed by atoms with Crippen LogP contribution in [-0.4, -0.2) is 37.2 Å². The third-order valence-electron chi connectivity index (χ3n) is 4.53. The Hall–Kier alpha value is -2.18. The number of ether oxygens (including phenoxy) is 2. The topological polar surface area (TPSA) is 51.9 Å². The summed E-state index contributed by atoms with van der Waals surface area (Å²) in [6.45, 7) is 4.33. The molecule has 26 heavy (non-hydrogen) atoms. The van der Waals surface area contributed by atoms with E-state index in [4.69, 9.17) is 13.9 Å². The molecule has 1 aliphatic rings. The Labute approximate surface area is 152 Å². The minimum Gasteiger partial charge on any atom is -0.465 e. The molecule has 1 aromatic heterocycles. The number of hydrogen-bond donors (Lipinski definition) is 0. The summed E-state index contributed by atoms with van der Waals surface area (Å²) in [6.07, 6.45) is 2.24. The Kier molecular flexibility index (Phi) is 6.06. The molecule has 1 unspecified atom stereocenters. The van der Waals surface area contributed by atoms with Crippen LogP contribution in [0.3, 0.4) is 0 Å². The standard InChI is InChI=1S/C20H24FNO4/c1-14-19(20(23)24-2)10-18(26-14)13-22(12-17-7-4-8-25-17)11-15-5-3-6-16(21)9-15/h3,5-6,9-10,17H,4,7-8,11-13H2,1-2H3. The Balaban J connectivity index is 1.75. The van der Waals surface area contributed by atoms with Gasteiger partial charge < -0.3 is 13.9 Å². The van der Waals surface area contributed by atoms with E-state index in [0.29, 0.717) is 30.2 Å². The van der Waals surface area contributed by atoms with Gasteiger partial charge in [-0.15, -0.1) is 0 Å². The second-order valence-electron chi connectivity index (χ2n) is 6.61. The molecule has 0 saturated carbocycles. The lowest BCUT2D eigenvalue weighted by atomic mass is 10.1. The zero-order valence-corrected chi connectivity index (χ0v) is 15.2. The Morgan fingerprint density at radius 1 is 1.35 bits per heavy atom. The highest BCUT2D eigenvalue weighted by Crippen LogP contribution is 2.21. The van der Waals surface area contributed by atoms with Crippen LogP contribution in [-0.2, 0) is 22.6 Å². The molecule has 1 aromatic carbocycles. The fourth-order valence-corrected chi connectivity index (χ4v) is 3.31. The van der Waals surface area contributed by atoms with Gasteiger partial charge in [-0.25, -0.2) is 9.18 Å². The van der Waals surface area contributed by atoms with E-state index < -0.39 is 5.97 Å². The number of hydrogen-bond acceptors (Lipinski definition) is 5. The summed E-state index contributed by atoms with van der Waals surface area (Å²) in [6, 6.07) is 8.30. The minimum atomic E-state index is -0.409. The van der Waals surface area contributed by atoms with Crippen molar-refractivity contribution in [2.45, 2.75) is 39.0 Å². The summed E-state index contributed by atoms with van der Waals surface area (Å²) < 4.78 is 29.8. The molecule has 0 aliphatic carbocycles. The van der Waals surface area contributed by atoms with Crippen LogP contribution >= 0.6 is 0 Å². The zero-order valence-electron chi connectivity index (χ0n) is 15.2. The molecule has 0 N–H and O–H groups in total. The molecule has 1 saturated heterocycles. The molecule has 2 heterocycles. The highest BCUT2D eigenvalue weighted by Gasteiger charge is 2.22. The maximum absolute atomic E-state index is 13.5. The van der Waals surface area contributed by atoms with Crippen molar-refractivity contribution in [1.29, 1.82) is 0 Å². The summed E-state index contributed by atoms with van der Waals surface area (Å²) >= 11 is 0. The van der Waals surface area contributed by atoms with Crippen LogP contribution in [0.15, 0.2) is 34.7 Å². The summed E-state index contributed by atoms with van der Waals surface area (Å²) in [5.74, 6) is 0.557. The van der Waals surface area contributed by atoms with Gasteiger partial charge in [0, 0.05) is 19.7 Å². The molecular formula is C20H24FNO4. The highest BCUT2D eigenvalue weighted by molar-refractivity contribution is 5.90. The summed E-state index contributed by atoms with van der Waals surface area (Å²) in [4.78, 5) is 13.9. The number of aryl methyl sites for hydroxylation is 1. The van der Waals surface area contributed by atoms with Gasteiger partial charge in [0.25, 0.3) is 0 Å². The van der Waals surface area contributed by atoms with Gasteiger partial charge in [0.1, 0.15) is 22.9 Å². The van der Waals surface area contributed by atoms with E-state index in [9.17, 15) is 9.18 Å². The van der Waals surface area contributed by atoms with Crippen molar-refractivity contribution < 1.29 is 23.1 Å². The van der Waals surface area contributed by atoms with Gasteiger partial charge >= 0.3 is 5.97 Å². The van der Waals surface area contributed by atoms with Crippen molar-refractivity contribution in [3.8, 4) is 0 Å². The normalized spacial score (nSPS) is 17.0. The molecule has 6 heteroatoms. The average Bonchev–Trinajstić information content (AvgIpc) is 3.24. The molecule has 0 bridgehead atoms. The molecule has 5 nitrogen and oxygen atoms in total. The first-order valence-corrected chi connectivity index (χ1v) is 8.81. The van der Waals surface area contributed by atoms with Crippen molar-refractivity contribution in [2.75, 3.05) is 20.3 Å².